The lowest BCUT2D eigenvalue weighted by atomic mass is 10.2. The Morgan fingerprint density at radius 2 is 1.79 bits per heavy atom. The van der Waals surface area contributed by atoms with Crippen molar-refractivity contribution in [3.63, 3.8) is 0 Å². The zero-order valence-electron chi connectivity index (χ0n) is 14.3. The van der Waals surface area contributed by atoms with E-state index in [1.54, 1.807) is 24.8 Å². The number of methoxy groups -OCH3 is 1. The Labute approximate surface area is 142 Å². The van der Waals surface area contributed by atoms with Crippen LogP contribution in [0.15, 0.2) is 41.3 Å². The van der Waals surface area contributed by atoms with Crippen molar-refractivity contribution in [2.24, 2.45) is 7.05 Å². The lowest BCUT2D eigenvalue weighted by Gasteiger charge is -2.34. The SMILES string of the molecule is COc1cccc(CN2CCN(Cc3ccn(C)c(=O)c3)CC2)n1. The molecule has 0 unspecified atom stereocenters. The Morgan fingerprint density at radius 1 is 1.08 bits per heavy atom. The highest BCUT2D eigenvalue weighted by Crippen LogP contribution is 2.12. The molecule has 0 radical (unpaired) electrons. The maximum atomic E-state index is 11.7. The van der Waals surface area contributed by atoms with Gasteiger partial charge in [-0.25, -0.2) is 4.98 Å². The van der Waals surface area contributed by atoms with Gasteiger partial charge < -0.3 is 9.30 Å². The molecule has 6 nitrogen and oxygen atoms in total. The molecule has 0 aliphatic carbocycles. The van der Waals surface area contributed by atoms with E-state index < -0.39 is 0 Å². The van der Waals surface area contributed by atoms with Gasteiger partial charge in [0.2, 0.25) is 5.88 Å². The number of hydrogen-bond donors (Lipinski definition) is 0. The molecule has 0 spiro atoms. The standard InChI is InChI=1S/C18H24N4O2/c1-20-7-6-15(12-18(20)23)13-21-8-10-22(11-9-21)14-16-4-3-5-17(19-16)24-2/h3-7,12H,8-11,13-14H2,1-2H3. The van der Waals surface area contributed by atoms with Gasteiger partial charge in [0.25, 0.3) is 5.56 Å². The molecule has 128 valence electrons. The molecule has 1 saturated heterocycles. The molecule has 3 heterocycles. The van der Waals surface area contributed by atoms with Gasteiger partial charge in [-0.05, 0) is 17.7 Å². The van der Waals surface area contributed by atoms with Gasteiger partial charge in [-0.3, -0.25) is 14.6 Å². The van der Waals surface area contributed by atoms with Crippen molar-refractivity contribution in [3.8, 4) is 5.88 Å². The summed E-state index contributed by atoms with van der Waals surface area (Å²) in [5.74, 6) is 0.664. The molecule has 0 atom stereocenters. The summed E-state index contributed by atoms with van der Waals surface area (Å²) in [7, 11) is 3.42. The first-order chi connectivity index (χ1) is 11.6. The molecule has 1 fully saturated rings. The minimum absolute atomic E-state index is 0.0511. The van der Waals surface area contributed by atoms with E-state index in [9.17, 15) is 4.79 Å². The summed E-state index contributed by atoms with van der Waals surface area (Å²) < 4.78 is 6.78. The number of hydrogen-bond acceptors (Lipinski definition) is 5. The van der Waals surface area contributed by atoms with E-state index >= 15 is 0 Å². The fourth-order valence-corrected chi connectivity index (χ4v) is 2.94. The van der Waals surface area contributed by atoms with Crippen LogP contribution in [0.4, 0.5) is 0 Å². The molecule has 0 saturated carbocycles. The molecule has 1 aliphatic heterocycles. The minimum atomic E-state index is 0.0511. The van der Waals surface area contributed by atoms with Crippen LogP contribution in [0.3, 0.4) is 0 Å². The molecular weight excluding hydrogens is 304 g/mol. The normalized spacial score (nSPS) is 16.2. The van der Waals surface area contributed by atoms with Crippen molar-refractivity contribution in [1.82, 2.24) is 19.4 Å². The highest BCUT2D eigenvalue weighted by molar-refractivity contribution is 5.15. The Hall–Kier alpha value is -2.18. The molecular formula is C18H24N4O2. The predicted molar refractivity (Wildman–Crippen MR) is 93.0 cm³/mol. The van der Waals surface area contributed by atoms with Crippen LogP contribution in [0.25, 0.3) is 0 Å². The zero-order chi connectivity index (χ0) is 16.9. The van der Waals surface area contributed by atoms with Gasteiger partial charge in [0, 0.05) is 64.6 Å². The van der Waals surface area contributed by atoms with E-state index in [4.69, 9.17) is 4.74 Å². The fourth-order valence-electron chi connectivity index (χ4n) is 2.94. The molecule has 0 bridgehead atoms. The number of pyridine rings is 2. The van der Waals surface area contributed by atoms with Crippen LogP contribution in [0.1, 0.15) is 11.3 Å². The van der Waals surface area contributed by atoms with Crippen molar-refractivity contribution in [2.75, 3.05) is 33.3 Å². The second-order valence-electron chi connectivity index (χ2n) is 6.21. The summed E-state index contributed by atoms with van der Waals surface area (Å²) in [6.45, 7) is 5.68. The number of piperazine rings is 1. The second kappa shape index (κ2) is 7.59. The first kappa shape index (κ1) is 16.7. The number of nitrogens with zero attached hydrogens (tertiary/aromatic N) is 4. The molecule has 1 aliphatic rings. The number of rotatable bonds is 5. The third-order valence-electron chi connectivity index (χ3n) is 4.42. The first-order valence-electron chi connectivity index (χ1n) is 8.24. The highest BCUT2D eigenvalue weighted by atomic mass is 16.5. The van der Waals surface area contributed by atoms with Crippen molar-refractivity contribution < 1.29 is 4.74 Å². The van der Waals surface area contributed by atoms with E-state index in [-0.39, 0.29) is 5.56 Å². The largest absolute Gasteiger partial charge is 0.481 e. The number of aryl methyl sites for hydroxylation is 1. The smallest absolute Gasteiger partial charge is 0.250 e. The van der Waals surface area contributed by atoms with Crippen LogP contribution in [0.5, 0.6) is 5.88 Å². The zero-order valence-corrected chi connectivity index (χ0v) is 14.3. The van der Waals surface area contributed by atoms with E-state index in [2.05, 4.69) is 14.8 Å². The summed E-state index contributed by atoms with van der Waals surface area (Å²) in [6.07, 6.45) is 1.84. The topological polar surface area (TPSA) is 50.6 Å². The third-order valence-corrected chi connectivity index (χ3v) is 4.42. The summed E-state index contributed by atoms with van der Waals surface area (Å²) in [4.78, 5) is 21.0. The molecule has 6 heteroatoms. The molecule has 2 aromatic rings. The van der Waals surface area contributed by atoms with Crippen LogP contribution in [0.2, 0.25) is 0 Å². The lowest BCUT2D eigenvalue weighted by Crippen LogP contribution is -2.45. The van der Waals surface area contributed by atoms with Crippen molar-refractivity contribution in [1.29, 1.82) is 0 Å². The number of ether oxygens (including phenoxy) is 1. The van der Waals surface area contributed by atoms with Gasteiger partial charge in [-0.2, -0.15) is 0 Å². The quantitative estimate of drug-likeness (QED) is 0.823. The van der Waals surface area contributed by atoms with Gasteiger partial charge in [0.05, 0.1) is 12.8 Å². The van der Waals surface area contributed by atoms with Crippen LogP contribution in [-0.4, -0.2) is 52.6 Å². The van der Waals surface area contributed by atoms with Crippen LogP contribution in [0, 0.1) is 0 Å². The first-order valence-corrected chi connectivity index (χ1v) is 8.24. The molecule has 0 aromatic carbocycles. The van der Waals surface area contributed by atoms with Crippen molar-refractivity contribution in [2.45, 2.75) is 13.1 Å². The molecule has 3 rings (SSSR count). The van der Waals surface area contributed by atoms with E-state index in [0.717, 1.165) is 50.5 Å². The molecule has 0 amide bonds. The maximum absolute atomic E-state index is 11.7. The van der Waals surface area contributed by atoms with Crippen LogP contribution >= 0.6 is 0 Å². The summed E-state index contributed by atoms with van der Waals surface area (Å²) in [6, 6.07) is 9.63. The van der Waals surface area contributed by atoms with Crippen LogP contribution in [-0.2, 0) is 20.1 Å². The molecule has 24 heavy (non-hydrogen) atoms. The van der Waals surface area contributed by atoms with Gasteiger partial charge in [-0.15, -0.1) is 0 Å². The number of aromatic nitrogens is 2. The van der Waals surface area contributed by atoms with Gasteiger partial charge in [0.1, 0.15) is 0 Å². The maximum Gasteiger partial charge on any atom is 0.250 e. The van der Waals surface area contributed by atoms with Gasteiger partial charge >= 0.3 is 0 Å². The summed E-state index contributed by atoms with van der Waals surface area (Å²) in [5.41, 5.74) is 2.17. The average Bonchev–Trinajstić information content (AvgIpc) is 2.60. The van der Waals surface area contributed by atoms with Gasteiger partial charge in [0.15, 0.2) is 0 Å². The fraction of sp³-hybridized carbons (Fsp3) is 0.444. The Balaban J connectivity index is 1.51. The minimum Gasteiger partial charge on any atom is -0.481 e. The highest BCUT2D eigenvalue weighted by Gasteiger charge is 2.17. The van der Waals surface area contributed by atoms with Gasteiger partial charge in [-0.1, -0.05) is 6.07 Å². The van der Waals surface area contributed by atoms with E-state index in [1.165, 1.54) is 0 Å². The van der Waals surface area contributed by atoms with Crippen molar-refractivity contribution in [3.05, 3.63) is 58.1 Å². The van der Waals surface area contributed by atoms with Crippen molar-refractivity contribution >= 4 is 0 Å². The van der Waals surface area contributed by atoms with E-state index in [0.29, 0.717) is 5.88 Å². The Bertz CT molecular complexity index is 736. The van der Waals surface area contributed by atoms with Crippen LogP contribution < -0.4 is 10.3 Å². The second-order valence-corrected chi connectivity index (χ2v) is 6.21. The molecule has 2 aromatic heterocycles. The average molecular weight is 328 g/mol. The third kappa shape index (κ3) is 4.21. The molecule has 0 N–H and O–H groups in total. The monoisotopic (exact) mass is 328 g/mol. The Morgan fingerprint density at radius 3 is 2.46 bits per heavy atom. The summed E-state index contributed by atoms with van der Waals surface area (Å²) >= 11 is 0. The summed E-state index contributed by atoms with van der Waals surface area (Å²) in [5, 5.41) is 0. The van der Waals surface area contributed by atoms with E-state index in [1.807, 2.05) is 30.5 Å². The lowest BCUT2D eigenvalue weighted by molar-refractivity contribution is 0.121. The Kier molecular flexibility index (Phi) is 5.27. The predicted octanol–water partition coefficient (Wildman–Crippen LogP) is 1.11.